The highest BCUT2D eigenvalue weighted by molar-refractivity contribution is 6.30. The number of hydrogen-bond acceptors (Lipinski definition) is 5. The van der Waals surface area contributed by atoms with Crippen molar-refractivity contribution in [3.05, 3.63) is 62.8 Å². The van der Waals surface area contributed by atoms with Gasteiger partial charge in [-0.25, -0.2) is 4.98 Å². The molecule has 0 radical (unpaired) electrons. The third-order valence-electron chi connectivity index (χ3n) is 4.42. The van der Waals surface area contributed by atoms with Crippen molar-refractivity contribution in [3.63, 3.8) is 0 Å². The molecule has 7 nitrogen and oxygen atoms in total. The van der Waals surface area contributed by atoms with Crippen LogP contribution in [0.15, 0.2) is 36.5 Å². The lowest BCUT2D eigenvalue weighted by Crippen LogP contribution is -2.49. The number of nitrogens with zero attached hydrogens (tertiary/aromatic N) is 4. The van der Waals surface area contributed by atoms with Crippen LogP contribution in [0.5, 0.6) is 0 Å². The molecular weight excluding hydrogens is 356 g/mol. The normalized spacial score (nSPS) is 14.4. The quantitative estimate of drug-likeness (QED) is 0.607. The van der Waals surface area contributed by atoms with Gasteiger partial charge in [0.15, 0.2) is 0 Å². The first-order valence-corrected chi connectivity index (χ1v) is 8.70. The van der Waals surface area contributed by atoms with Gasteiger partial charge < -0.3 is 9.80 Å². The van der Waals surface area contributed by atoms with Gasteiger partial charge in [0.2, 0.25) is 5.91 Å². The minimum absolute atomic E-state index is 0.0124. The zero-order valence-electron chi connectivity index (χ0n) is 14.4. The minimum Gasteiger partial charge on any atom is -0.353 e. The van der Waals surface area contributed by atoms with Crippen LogP contribution in [0.3, 0.4) is 0 Å². The van der Waals surface area contributed by atoms with Crippen molar-refractivity contribution in [3.8, 4) is 0 Å². The van der Waals surface area contributed by atoms with Gasteiger partial charge >= 0.3 is 0 Å². The van der Waals surface area contributed by atoms with Crippen LogP contribution in [0, 0.1) is 17.0 Å². The summed E-state index contributed by atoms with van der Waals surface area (Å²) in [5, 5.41) is 11.5. The third kappa shape index (κ3) is 4.11. The average Bonchev–Trinajstić information content (AvgIpc) is 2.61. The monoisotopic (exact) mass is 374 g/mol. The lowest BCUT2D eigenvalue weighted by Gasteiger charge is -2.36. The standard InChI is InChI=1S/C18H19ClN4O3/c1-13-9-16(23(25)26)12-20-18(13)22-7-5-21(6-8-22)17(24)11-14-3-2-4-15(19)10-14/h2-4,9-10,12H,5-8,11H2,1H3. The molecule has 2 aromatic rings. The van der Waals surface area contributed by atoms with Crippen LogP contribution in [0.4, 0.5) is 11.5 Å². The fraction of sp³-hybridized carbons (Fsp3) is 0.333. The van der Waals surface area contributed by atoms with E-state index in [0.717, 1.165) is 16.9 Å². The molecule has 1 amide bonds. The van der Waals surface area contributed by atoms with Gasteiger partial charge in [0.05, 0.1) is 11.3 Å². The van der Waals surface area contributed by atoms with E-state index in [1.807, 2.05) is 24.0 Å². The maximum absolute atomic E-state index is 12.5. The molecule has 26 heavy (non-hydrogen) atoms. The number of carbonyl (C=O) groups excluding carboxylic acids is 1. The van der Waals surface area contributed by atoms with Crippen LogP contribution in [0.25, 0.3) is 0 Å². The number of aryl methyl sites for hydroxylation is 1. The van der Waals surface area contributed by atoms with E-state index in [9.17, 15) is 14.9 Å². The number of aromatic nitrogens is 1. The van der Waals surface area contributed by atoms with E-state index < -0.39 is 4.92 Å². The molecule has 0 bridgehead atoms. The fourth-order valence-corrected chi connectivity index (χ4v) is 3.30. The number of halogens is 1. The third-order valence-corrected chi connectivity index (χ3v) is 4.66. The first-order valence-electron chi connectivity index (χ1n) is 8.32. The van der Waals surface area contributed by atoms with Crippen molar-refractivity contribution in [1.82, 2.24) is 9.88 Å². The molecule has 2 heterocycles. The summed E-state index contributed by atoms with van der Waals surface area (Å²) in [5.74, 6) is 0.804. The van der Waals surface area contributed by atoms with Crippen LogP contribution in [-0.4, -0.2) is 46.9 Å². The molecule has 8 heteroatoms. The second kappa shape index (κ2) is 7.70. The Bertz CT molecular complexity index is 835. The Morgan fingerprint density at radius 2 is 2.00 bits per heavy atom. The summed E-state index contributed by atoms with van der Waals surface area (Å²) >= 11 is 5.97. The Labute approximate surface area is 156 Å². The van der Waals surface area contributed by atoms with Gasteiger partial charge in [-0.3, -0.25) is 14.9 Å². The Kier molecular flexibility index (Phi) is 5.37. The van der Waals surface area contributed by atoms with Gasteiger partial charge in [0.1, 0.15) is 12.0 Å². The maximum Gasteiger partial charge on any atom is 0.287 e. The molecule has 0 spiro atoms. The summed E-state index contributed by atoms with van der Waals surface area (Å²) in [6, 6.07) is 8.85. The zero-order chi connectivity index (χ0) is 18.7. The number of rotatable bonds is 4. The maximum atomic E-state index is 12.5. The summed E-state index contributed by atoms with van der Waals surface area (Å²) in [6.45, 7) is 4.29. The van der Waals surface area contributed by atoms with Crippen molar-refractivity contribution in [2.45, 2.75) is 13.3 Å². The first-order chi connectivity index (χ1) is 12.4. The van der Waals surface area contributed by atoms with Gasteiger partial charge in [-0.15, -0.1) is 0 Å². The SMILES string of the molecule is Cc1cc([N+](=O)[O-])cnc1N1CCN(C(=O)Cc2cccc(Cl)c2)CC1. The van der Waals surface area contributed by atoms with E-state index in [-0.39, 0.29) is 11.6 Å². The molecular formula is C18H19ClN4O3. The van der Waals surface area contributed by atoms with Gasteiger partial charge in [-0.05, 0) is 30.2 Å². The van der Waals surface area contributed by atoms with E-state index in [2.05, 4.69) is 9.88 Å². The summed E-state index contributed by atoms with van der Waals surface area (Å²) in [7, 11) is 0. The Hall–Kier alpha value is -2.67. The number of piperazine rings is 1. The van der Waals surface area contributed by atoms with Crippen molar-refractivity contribution >= 4 is 29.0 Å². The second-order valence-corrected chi connectivity index (χ2v) is 6.70. The molecule has 0 unspecified atom stereocenters. The van der Waals surface area contributed by atoms with Gasteiger partial charge in [0.25, 0.3) is 5.69 Å². The first kappa shape index (κ1) is 18.1. The van der Waals surface area contributed by atoms with Crippen LogP contribution in [0.2, 0.25) is 5.02 Å². The van der Waals surface area contributed by atoms with E-state index in [1.165, 1.54) is 12.3 Å². The fourth-order valence-electron chi connectivity index (χ4n) is 3.08. The molecule has 1 saturated heterocycles. The van der Waals surface area contributed by atoms with Crippen molar-refractivity contribution in [2.24, 2.45) is 0 Å². The average molecular weight is 375 g/mol. The number of pyridine rings is 1. The number of carbonyl (C=O) groups is 1. The molecule has 1 aliphatic rings. The molecule has 0 N–H and O–H groups in total. The molecule has 0 aliphatic carbocycles. The molecule has 1 aliphatic heterocycles. The number of benzene rings is 1. The van der Waals surface area contributed by atoms with E-state index in [4.69, 9.17) is 11.6 Å². The van der Waals surface area contributed by atoms with Crippen LogP contribution >= 0.6 is 11.6 Å². The lowest BCUT2D eigenvalue weighted by molar-refractivity contribution is -0.385. The predicted molar refractivity (Wildman–Crippen MR) is 99.6 cm³/mol. The van der Waals surface area contributed by atoms with Crippen LogP contribution < -0.4 is 4.90 Å². The lowest BCUT2D eigenvalue weighted by atomic mass is 10.1. The smallest absolute Gasteiger partial charge is 0.287 e. The highest BCUT2D eigenvalue weighted by atomic mass is 35.5. The van der Waals surface area contributed by atoms with Gasteiger partial charge in [-0.1, -0.05) is 23.7 Å². The van der Waals surface area contributed by atoms with Gasteiger partial charge in [0, 0.05) is 37.3 Å². The highest BCUT2D eigenvalue weighted by Crippen LogP contribution is 2.23. The largest absolute Gasteiger partial charge is 0.353 e. The summed E-state index contributed by atoms with van der Waals surface area (Å²) in [4.78, 5) is 31.0. The van der Waals surface area contributed by atoms with Crippen LogP contribution in [-0.2, 0) is 11.2 Å². The van der Waals surface area contributed by atoms with Crippen molar-refractivity contribution in [2.75, 3.05) is 31.1 Å². The summed E-state index contributed by atoms with van der Waals surface area (Å²) < 4.78 is 0. The van der Waals surface area contributed by atoms with Crippen molar-refractivity contribution in [1.29, 1.82) is 0 Å². The van der Waals surface area contributed by atoms with Crippen molar-refractivity contribution < 1.29 is 9.72 Å². The molecule has 1 aromatic carbocycles. The molecule has 136 valence electrons. The molecule has 1 aromatic heterocycles. The van der Waals surface area contributed by atoms with E-state index >= 15 is 0 Å². The topological polar surface area (TPSA) is 79.6 Å². The van der Waals surface area contributed by atoms with E-state index in [1.54, 1.807) is 12.1 Å². The summed E-state index contributed by atoms with van der Waals surface area (Å²) in [6.07, 6.45) is 1.61. The predicted octanol–water partition coefficient (Wildman–Crippen LogP) is 2.84. The Morgan fingerprint density at radius 3 is 2.62 bits per heavy atom. The zero-order valence-corrected chi connectivity index (χ0v) is 15.1. The van der Waals surface area contributed by atoms with E-state index in [0.29, 0.717) is 37.6 Å². The summed E-state index contributed by atoms with van der Waals surface area (Å²) in [5.41, 5.74) is 1.65. The Morgan fingerprint density at radius 1 is 1.27 bits per heavy atom. The Balaban J connectivity index is 1.60. The second-order valence-electron chi connectivity index (χ2n) is 6.27. The van der Waals surface area contributed by atoms with Gasteiger partial charge in [-0.2, -0.15) is 0 Å². The highest BCUT2D eigenvalue weighted by Gasteiger charge is 2.23. The molecule has 3 rings (SSSR count). The molecule has 1 fully saturated rings. The van der Waals surface area contributed by atoms with Crippen LogP contribution in [0.1, 0.15) is 11.1 Å². The molecule has 0 atom stereocenters. The minimum atomic E-state index is -0.448. The number of amides is 1. The number of anilines is 1. The molecule has 0 saturated carbocycles. The number of hydrogen-bond donors (Lipinski definition) is 0. The number of nitro groups is 1.